The molecule has 0 aromatic heterocycles. The fourth-order valence-electron chi connectivity index (χ4n) is 1.95. The summed E-state index contributed by atoms with van der Waals surface area (Å²) in [6, 6.07) is 12.3. The van der Waals surface area contributed by atoms with Crippen LogP contribution in [0, 0.1) is 9.39 Å². The monoisotopic (exact) mass is 399 g/mol. The average molecular weight is 399 g/mol. The molecule has 110 valence electrons. The molecular formula is C16H15FINO2. The fourth-order valence-corrected chi connectivity index (χ4v) is 2.62. The Morgan fingerprint density at radius 3 is 2.62 bits per heavy atom. The van der Waals surface area contributed by atoms with E-state index in [-0.39, 0.29) is 18.2 Å². The summed E-state index contributed by atoms with van der Waals surface area (Å²) in [5.74, 6) is -0.519. The van der Waals surface area contributed by atoms with Gasteiger partial charge in [0, 0.05) is 15.8 Å². The van der Waals surface area contributed by atoms with Gasteiger partial charge in [-0.25, -0.2) is 4.39 Å². The maximum atomic E-state index is 13.1. The number of hydrogen-bond acceptors (Lipinski definition) is 3. The van der Waals surface area contributed by atoms with Crippen LogP contribution < -0.4 is 5.32 Å². The second-order valence-corrected chi connectivity index (χ2v) is 5.66. The van der Waals surface area contributed by atoms with Crippen LogP contribution in [-0.2, 0) is 22.5 Å². The van der Waals surface area contributed by atoms with Crippen LogP contribution in [0.1, 0.15) is 11.1 Å². The molecule has 0 aliphatic carbocycles. The van der Waals surface area contributed by atoms with Crippen LogP contribution >= 0.6 is 22.6 Å². The molecule has 0 spiro atoms. The van der Waals surface area contributed by atoms with Crippen molar-refractivity contribution in [2.24, 2.45) is 0 Å². The number of benzene rings is 2. The van der Waals surface area contributed by atoms with E-state index in [0.717, 1.165) is 20.4 Å². The third kappa shape index (κ3) is 4.42. The molecule has 0 fully saturated rings. The van der Waals surface area contributed by atoms with Crippen LogP contribution in [0.25, 0.3) is 0 Å². The lowest BCUT2D eigenvalue weighted by atomic mass is 10.0. The molecule has 21 heavy (non-hydrogen) atoms. The molecule has 0 atom stereocenters. The van der Waals surface area contributed by atoms with Crippen molar-refractivity contribution in [2.75, 3.05) is 12.4 Å². The lowest BCUT2D eigenvalue weighted by Gasteiger charge is -2.12. The van der Waals surface area contributed by atoms with Gasteiger partial charge in [0.1, 0.15) is 5.82 Å². The Morgan fingerprint density at radius 1 is 1.24 bits per heavy atom. The minimum Gasteiger partial charge on any atom is -0.469 e. The van der Waals surface area contributed by atoms with Crippen LogP contribution in [0.4, 0.5) is 10.1 Å². The minimum absolute atomic E-state index is 0.245. The highest BCUT2D eigenvalue weighted by atomic mass is 127. The number of nitrogens with one attached hydrogen (secondary N) is 1. The van der Waals surface area contributed by atoms with E-state index in [4.69, 9.17) is 4.74 Å². The summed E-state index contributed by atoms with van der Waals surface area (Å²) in [7, 11) is 1.38. The molecule has 0 saturated heterocycles. The SMILES string of the molecule is COC(=O)Cc1ccccc1CNc1ccc(F)cc1I. The van der Waals surface area contributed by atoms with Gasteiger partial charge in [-0.05, 0) is 51.9 Å². The van der Waals surface area contributed by atoms with Gasteiger partial charge in [-0.2, -0.15) is 0 Å². The van der Waals surface area contributed by atoms with Gasteiger partial charge in [0.15, 0.2) is 0 Å². The third-order valence-corrected chi connectivity index (χ3v) is 3.97. The van der Waals surface area contributed by atoms with Crippen LogP contribution in [0.5, 0.6) is 0 Å². The van der Waals surface area contributed by atoms with E-state index in [1.807, 2.05) is 24.3 Å². The minimum atomic E-state index is -0.265. The third-order valence-electron chi connectivity index (χ3n) is 3.08. The summed E-state index contributed by atoms with van der Waals surface area (Å²) >= 11 is 2.09. The number of carbonyl (C=O) groups excluding carboxylic acids is 1. The number of halogens is 2. The van der Waals surface area contributed by atoms with Crippen LogP contribution in [0.3, 0.4) is 0 Å². The normalized spacial score (nSPS) is 10.2. The van der Waals surface area contributed by atoms with Crippen LogP contribution in [0.2, 0.25) is 0 Å². The molecule has 0 unspecified atom stereocenters. The molecule has 0 amide bonds. The van der Waals surface area contributed by atoms with E-state index in [0.29, 0.717) is 6.54 Å². The van der Waals surface area contributed by atoms with E-state index >= 15 is 0 Å². The van der Waals surface area contributed by atoms with Crippen LogP contribution in [-0.4, -0.2) is 13.1 Å². The summed E-state index contributed by atoms with van der Waals surface area (Å²) in [4.78, 5) is 11.4. The van der Waals surface area contributed by atoms with Gasteiger partial charge in [0.25, 0.3) is 0 Å². The summed E-state index contributed by atoms with van der Waals surface area (Å²) < 4.78 is 18.6. The first-order valence-electron chi connectivity index (χ1n) is 6.42. The summed E-state index contributed by atoms with van der Waals surface area (Å²) in [6.45, 7) is 0.564. The van der Waals surface area contributed by atoms with E-state index in [1.54, 1.807) is 6.07 Å². The number of esters is 1. The molecule has 0 aliphatic rings. The van der Waals surface area contributed by atoms with Crippen molar-refractivity contribution in [1.29, 1.82) is 0 Å². The Kier molecular flexibility index (Phi) is 5.55. The molecule has 5 heteroatoms. The zero-order chi connectivity index (χ0) is 15.2. The number of rotatable bonds is 5. The van der Waals surface area contributed by atoms with Gasteiger partial charge >= 0.3 is 5.97 Å². The fraction of sp³-hybridized carbons (Fsp3) is 0.188. The molecule has 0 bridgehead atoms. The number of methoxy groups -OCH3 is 1. The predicted octanol–water partition coefficient (Wildman–Crippen LogP) is 3.76. The first-order chi connectivity index (χ1) is 10.1. The molecular weight excluding hydrogens is 384 g/mol. The largest absolute Gasteiger partial charge is 0.469 e. The molecule has 0 saturated carbocycles. The second kappa shape index (κ2) is 7.40. The number of hydrogen-bond donors (Lipinski definition) is 1. The Morgan fingerprint density at radius 2 is 1.95 bits per heavy atom. The number of ether oxygens (including phenoxy) is 1. The van der Waals surface area contributed by atoms with E-state index < -0.39 is 0 Å². The van der Waals surface area contributed by atoms with Crippen LogP contribution in [0.15, 0.2) is 42.5 Å². The maximum absolute atomic E-state index is 13.1. The van der Waals surface area contributed by atoms with Gasteiger partial charge < -0.3 is 10.1 Å². The lowest BCUT2D eigenvalue weighted by Crippen LogP contribution is -2.09. The Balaban J connectivity index is 2.11. The predicted molar refractivity (Wildman–Crippen MR) is 88.6 cm³/mol. The van der Waals surface area contributed by atoms with Crippen molar-refractivity contribution >= 4 is 34.2 Å². The van der Waals surface area contributed by atoms with E-state index in [9.17, 15) is 9.18 Å². The Hall–Kier alpha value is -1.63. The van der Waals surface area contributed by atoms with Gasteiger partial charge in [-0.15, -0.1) is 0 Å². The van der Waals surface area contributed by atoms with E-state index in [1.165, 1.54) is 19.2 Å². The van der Waals surface area contributed by atoms with Crippen molar-refractivity contribution < 1.29 is 13.9 Å². The van der Waals surface area contributed by atoms with Gasteiger partial charge in [-0.3, -0.25) is 4.79 Å². The van der Waals surface area contributed by atoms with Crippen molar-refractivity contribution in [3.05, 3.63) is 63.0 Å². The van der Waals surface area contributed by atoms with Crippen molar-refractivity contribution in [1.82, 2.24) is 0 Å². The molecule has 2 rings (SSSR count). The number of carbonyl (C=O) groups is 1. The highest BCUT2D eigenvalue weighted by molar-refractivity contribution is 14.1. The van der Waals surface area contributed by atoms with Crippen molar-refractivity contribution in [2.45, 2.75) is 13.0 Å². The van der Waals surface area contributed by atoms with Gasteiger partial charge in [-0.1, -0.05) is 24.3 Å². The molecule has 0 heterocycles. The smallest absolute Gasteiger partial charge is 0.309 e. The zero-order valence-electron chi connectivity index (χ0n) is 11.5. The topological polar surface area (TPSA) is 38.3 Å². The molecule has 2 aromatic carbocycles. The first kappa shape index (κ1) is 15.8. The molecule has 1 N–H and O–H groups in total. The standard InChI is InChI=1S/C16H15FINO2/c1-21-16(20)8-11-4-2-3-5-12(11)10-19-15-7-6-13(17)9-14(15)18/h2-7,9,19H,8,10H2,1H3. The summed E-state index contributed by atoms with van der Waals surface area (Å²) in [5, 5.41) is 3.26. The molecule has 2 aromatic rings. The summed E-state index contributed by atoms with van der Waals surface area (Å²) in [6.07, 6.45) is 0.245. The zero-order valence-corrected chi connectivity index (χ0v) is 13.7. The quantitative estimate of drug-likeness (QED) is 0.615. The van der Waals surface area contributed by atoms with Crippen molar-refractivity contribution in [3.63, 3.8) is 0 Å². The molecule has 3 nitrogen and oxygen atoms in total. The maximum Gasteiger partial charge on any atom is 0.309 e. The Bertz CT molecular complexity index is 646. The molecule has 0 radical (unpaired) electrons. The highest BCUT2D eigenvalue weighted by Crippen LogP contribution is 2.20. The average Bonchev–Trinajstić information content (AvgIpc) is 2.47. The van der Waals surface area contributed by atoms with Crippen molar-refractivity contribution in [3.8, 4) is 0 Å². The number of anilines is 1. The van der Waals surface area contributed by atoms with E-state index in [2.05, 4.69) is 27.9 Å². The highest BCUT2D eigenvalue weighted by Gasteiger charge is 2.08. The van der Waals surface area contributed by atoms with Gasteiger partial charge in [0.2, 0.25) is 0 Å². The van der Waals surface area contributed by atoms with Gasteiger partial charge in [0.05, 0.1) is 13.5 Å². The first-order valence-corrected chi connectivity index (χ1v) is 7.50. The Labute approximate surface area is 136 Å². The molecule has 0 aliphatic heterocycles. The lowest BCUT2D eigenvalue weighted by molar-refractivity contribution is -0.139. The second-order valence-electron chi connectivity index (χ2n) is 4.50. The summed E-state index contributed by atoms with van der Waals surface area (Å²) in [5.41, 5.74) is 2.81.